The van der Waals surface area contributed by atoms with Crippen LogP contribution in [0, 0.1) is 24.7 Å². The monoisotopic (exact) mass is 258 g/mol. The van der Waals surface area contributed by atoms with Gasteiger partial charge in [0.25, 0.3) is 0 Å². The Labute approximate surface area is 113 Å². The van der Waals surface area contributed by atoms with E-state index in [4.69, 9.17) is 9.47 Å². The zero-order chi connectivity index (χ0) is 13.7. The van der Waals surface area contributed by atoms with Gasteiger partial charge in [0, 0.05) is 18.1 Å². The zero-order valence-electron chi connectivity index (χ0n) is 11.4. The number of benzene rings is 1. The summed E-state index contributed by atoms with van der Waals surface area (Å²) < 4.78 is 10.1. The lowest BCUT2D eigenvalue weighted by molar-refractivity contribution is 0.0600. The van der Waals surface area contributed by atoms with Crippen molar-refractivity contribution in [2.75, 3.05) is 20.3 Å². The maximum atomic E-state index is 11.5. The van der Waals surface area contributed by atoms with E-state index in [0.29, 0.717) is 11.5 Å². The third kappa shape index (κ3) is 3.59. The van der Waals surface area contributed by atoms with Crippen molar-refractivity contribution >= 4 is 5.97 Å². The van der Waals surface area contributed by atoms with E-state index in [1.54, 1.807) is 6.07 Å². The molecule has 1 atom stereocenters. The van der Waals surface area contributed by atoms with Gasteiger partial charge < -0.3 is 9.47 Å². The van der Waals surface area contributed by atoms with Gasteiger partial charge in [-0.05, 0) is 43.5 Å². The quantitative estimate of drug-likeness (QED) is 0.573. The molecule has 3 nitrogen and oxygen atoms in total. The highest BCUT2D eigenvalue weighted by atomic mass is 16.5. The molecule has 0 spiro atoms. The SMILES string of the molecule is COC(=O)c1ccc(C#C[C@@H]2CCCOC2)cc1C. The fourth-order valence-corrected chi connectivity index (χ4v) is 2.12. The smallest absolute Gasteiger partial charge is 0.338 e. The fraction of sp³-hybridized carbons (Fsp3) is 0.438. The van der Waals surface area contributed by atoms with E-state index in [2.05, 4.69) is 11.8 Å². The number of methoxy groups -OCH3 is 1. The predicted molar refractivity (Wildman–Crippen MR) is 72.9 cm³/mol. The maximum Gasteiger partial charge on any atom is 0.338 e. The van der Waals surface area contributed by atoms with Crippen molar-refractivity contribution in [3.05, 3.63) is 34.9 Å². The average Bonchev–Trinajstić information content (AvgIpc) is 2.45. The molecule has 1 aromatic carbocycles. The molecular formula is C16H18O3. The molecule has 1 saturated heterocycles. The molecule has 1 aromatic rings. The Balaban J connectivity index is 2.11. The van der Waals surface area contributed by atoms with Gasteiger partial charge in [-0.25, -0.2) is 4.79 Å². The second-order valence-corrected chi connectivity index (χ2v) is 4.70. The lowest BCUT2D eigenvalue weighted by atomic mass is 10.0. The number of hydrogen-bond acceptors (Lipinski definition) is 3. The third-order valence-electron chi connectivity index (χ3n) is 3.21. The summed E-state index contributed by atoms with van der Waals surface area (Å²) in [5.74, 6) is 6.41. The van der Waals surface area contributed by atoms with Gasteiger partial charge >= 0.3 is 5.97 Å². The van der Waals surface area contributed by atoms with E-state index in [1.807, 2.05) is 19.1 Å². The van der Waals surface area contributed by atoms with Crippen LogP contribution in [-0.2, 0) is 9.47 Å². The molecule has 0 radical (unpaired) electrons. The standard InChI is InChI=1S/C16H18O3/c1-12-10-13(7-8-15(12)16(17)18-2)5-6-14-4-3-9-19-11-14/h7-8,10,14H,3-4,9,11H2,1-2H3/t14-/m0/s1. The highest BCUT2D eigenvalue weighted by Gasteiger charge is 2.11. The molecule has 0 saturated carbocycles. The minimum Gasteiger partial charge on any atom is -0.465 e. The summed E-state index contributed by atoms with van der Waals surface area (Å²) in [5, 5.41) is 0. The minimum absolute atomic E-state index is 0.308. The van der Waals surface area contributed by atoms with Gasteiger partial charge in [-0.2, -0.15) is 0 Å². The van der Waals surface area contributed by atoms with Crippen molar-refractivity contribution in [3.63, 3.8) is 0 Å². The van der Waals surface area contributed by atoms with E-state index in [0.717, 1.165) is 37.2 Å². The summed E-state index contributed by atoms with van der Waals surface area (Å²) in [4.78, 5) is 11.5. The van der Waals surface area contributed by atoms with Crippen LogP contribution in [0.1, 0.15) is 34.3 Å². The van der Waals surface area contributed by atoms with Gasteiger partial charge in [-0.3, -0.25) is 0 Å². The van der Waals surface area contributed by atoms with E-state index in [9.17, 15) is 4.79 Å². The van der Waals surface area contributed by atoms with Gasteiger partial charge in [0.2, 0.25) is 0 Å². The maximum absolute atomic E-state index is 11.5. The Morgan fingerprint density at radius 2 is 2.32 bits per heavy atom. The molecule has 0 aliphatic carbocycles. The van der Waals surface area contributed by atoms with Gasteiger partial charge in [0.1, 0.15) is 0 Å². The molecule has 3 heteroatoms. The predicted octanol–water partition coefficient (Wildman–Crippen LogP) is 2.56. The molecule has 2 rings (SSSR count). The highest BCUT2D eigenvalue weighted by molar-refractivity contribution is 5.91. The van der Waals surface area contributed by atoms with Gasteiger partial charge in [0.05, 0.1) is 19.3 Å². The Morgan fingerprint density at radius 1 is 1.47 bits per heavy atom. The van der Waals surface area contributed by atoms with Crippen LogP contribution >= 0.6 is 0 Å². The van der Waals surface area contributed by atoms with Crippen molar-refractivity contribution in [1.82, 2.24) is 0 Å². The van der Waals surface area contributed by atoms with E-state index in [1.165, 1.54) is 7.11 Å². The van der Waals surface area contributed by atoms with Crippen LogP contribution in [0.2, 0.25) is 0 Å². The van der Waals surface area contributed by atoms with Crippen LogP contribution in [0.5, 0.6) is 0 Å². The van der Waals surface area contributed by atoms with Crippen LogP contribution < -0.4 is 0 Å². The normalized spacial score (nSPS) is 18.3. The number of carbonyl (C=O) groups is 1. The fourth-order valence-electron chi connectivity index (χ4n) is 2.12. The van der Waals surface area contributed by atoms with Gasteiger partial charge in [-0.1, -0.05) is 11.8 Å². The molecular weight excluding hydrogens is 240 g/mol. The second kappa shape index (κ2) is 6.40. The number of carbonyl (C=O) groups excluding carboxylic acids is 1. The summed E-state index contributed by atoms with van der Waals surface area (Å²) in [6, 6.07) is 5.54. The minimum atomic E-state index is -0.308. The van der Waals surface area contributed by atoms with E-state index < -0.39 is 0 Å². The third-order valence-corrected chi connectivity index (χ3v) is 3.21. The molecule has 100 valence electrons. The first-order chi connectivity index (χ1) is 9.20. The molecule has 1 aliphatic heterocycles. The molecule has 1 aliphatic rings. The Morgan fingerprint density at radius 3 is 2.95 bits per heavy atom. The van der Waals surface area contributed by atoms with Crippen LogP contribution in [0.15, 0.2) is 18.2 Å². The number of esters is 1. The summed E-state index contributed by atoms with van der Waals surface area (Å²) in [5.41, 5.74) is 2.41. The molecule has 0 N–H and O–H groups in total. The summed E-state index contributed by atoms with van der Waals surface area (Å²) >= 11 is 0. The van der Waals surface area contributed by atoms with Crippen molar-refractivity contribution in [3.8, 4) is 11.8 Å². The Hall–Kier alpha value is -1.79. The summed E-state index contributed by atoms with van der Waals surface area (Å²) in [6.07, 6.45) is 2.19. The zero-order valence-corrected chi connectivity index (χ0v) is 11.4. The lowest BCUT2D eigenvalue weighted by Crippen LogP contribution is -2.15. The highest BCUT2D eigenvalue weighted by Crippen LogP contribution is 2.14. The molecule has 1 fully saturated rings. The average molecular weight is 258 g/mol. The number of hydrogen-bond donors (Lipinski definition) is 0. The van der Waals surface area contributed by atoms with Crippen LogP contribution in [0.3, 0.4) is 0 Å². The second-order valence-electron chi connectivity index (χ2n) is 4.70. The summed E-state index contributed by atoms with van der Waals surface area (Å²) in [6.45, 7) is 3.47. The molecule has 1 heterocycles. The molecule has 0 bridgehead atoms. The van der Waals surface area contributed by atoms with Crippen molar-refractivity contribution in [1.29, 1.82) is 0 Å². The molecule has 19 heavy (non-hydrogen) atoms. The van der Waals surface area contributed by atoms with Crippen molar-refractivity contribution in [2.45, 2.75) is 19.8 Å². The van der Waals surface area contributed by atoms with Gasteiger partial charge in [-0.15, -0.1) is 0 Å². The van der Waals surface area contributed by atoms with E-state index in [-0.39, 0.29) is 5.97 Å². The lowest BCUT2D eigenvalue weighted by Gasteiger charge is -2.16. The number of rotatable bonds is 1. The topological polar surface area (TPSA) is 35.5 Å². The molecule has 0 unspecified atom stereocenters. The van der Waals surface area contributed by atoms with Crippen LogP contribution in [0.25, 0.3) is 0 Å². The van der Waals surface area contributed by atoms with Crippen LogP contribution in [0.4, 0.5) is 0 Å². The first-order valence-electron chi connectivity index (χ1n) is 6.49. The summed E-state index contributed by atoms with van der Waals surface area (Å²) in [7, 11) is 1.39. The first kappa shape index (κ1) is 13.6. The first-order valence-corrected chi connectivity index (χ1v) is 6.49. The molecule has 0 aromatic heterocycles. The molecule has 0 amide bonds. The van der Waals surface area contributed by atoms with Crippen molar-refractivity contribution < 1.29 is 14.3 Å². The Kier molecular flexibility index (Phi) is 4.59. The Bertz CT molecular complexity index is 517. The van der Waals surface area contributed by atoms with E-state index >= 15 is 0 Å². The van der Waals surface area contributed by atoms with Gasteiger partial charge in [0.15, 0.2) is 0 Å². The van der Waals surface area contributed by atoms with Crippen molar-refractivity contribution in [2.24, 2.45) is 5.92 Å². The van der Waals surface area contributed by atoms with Crippen LogP contribution in [-0.4, -0.2) is 26.3 Å². The number of aryl methyl sites for hydroxylation is 1. The largest absolute Gasteiger partial charge is 0.465 e. The number of ether oxygens (including phenoxy) is 2.